The van der Waals surface area contributed by atoms with Gasteiger partial charge in [-0.15, -0.1) is 0 Å². The standard InChI is InChI=1S/C12H27N3/c1-3-5-6-7-8-10-15(4-2)11-9-12(13)14/h3-11H2,1-2H3,(H3,13,14). The molecule has 0 unspecified atom stereocenters. The van der Waals surface area contributed by atoms with Crippen LogP contribution in [-0.2, 0) is 0 Å². The molecule has 90 valence electrons. The molecule has 0 heterocycles. The first-order chi connectivity index (χ1) is 7.20. The van der Waals surface area contributed by atoms with Gasteiger partial charge in [0, 0.05) is 13.0 Å². The normalized spacial score (nSPS) is 10.9. The summed E-state index contributed by atoms with van der Waals surface area (Å²) < 4.78 is 0. The molecule has 0 aromatic carbocycles. The molecule has 0 bridgehead atoms. The molecule has 0 fully saturated rings. The average Bonchev–Trinajstić information content (AvgIpc) is 2.22. The minimum Gasteiger partial charge on any atom is -0.388 e. The first-order valence-electron chi connectivity index (χ1n) is 6.26. The number of amidine groups is 1. The van der Waals surface area contributed by atoms with Gasteiger partial charge in [-0.05, 0) is 19.5 Å². The summed E-state index contributed by atoms with van der Waals surface area (Å²) in [4.78, 5) is 2.38. The molecule has 3 N–H and O–H groups in total. The third-order valence-corrected chi connectivity index (χ3v) is 2.72. The van der Waals surface area contributed by atoms with Gasteiger partial charge in [-0.2, -0.15) is 0 Å². The van der Waals surface area contributed by atoms with E-state index in [1.54, 1.807) is 0 Å². The minimum absolute atomic E-state index is 0.305. The second-order valence-corrected chi connectivity index (χ2v) is 4.12. The van der Waals surface area contributed by atoms with E-state index in [2.05, 4.69) is 18.7 Å². The molecular formula is C12H27N3. The summed E-state index contributed by atoms with van der Waals surface area (Å²) in [6.07, 6.45) is 7.36. The molecule has 0 amide bonds. The van der Waals surface area contributed by atoms with Crippen LogP contribution >= 0.6 is 0 Å². The maximum Gasteiger partial charge on any atom is 0.0918 e. The second-order valence-electron chi connectivity index (χ2n) is 4.12. The van der Waals surface area contributed by atoms with Crippen LogP contribution < -0.4 is 5.73 Å². The van der Waals surface area contributed by atoms with Crippen molar-refractivity contribution in [2.24, 2.45) is 5.73 Å². The van der Waals surface area contributed by atoms with Crippen LogP contribution in [-0.4, -0.2) is 30.4 Å². The zero-order valence-electron chi connectivity index (χ0n) is 10.4. The molecule has 0 rings (SSSR count). The fourth-order valence-corrected chi connectivity index (χ4v) is 1.65. The Morgan fingerprint density at radius 2 is 1.73 bits per heavy atom. The number of unbranched alkanes of at least 4 members (excludes halogenated alkanes) is 4. The minimum atomic E-state index is 0.305. The van der Waals surface area contributed by atoms with Gasteiger partial charge in [0.15, 0.2) is 0 Å². The summed E-state index contributed by atoms with van der Waals surface area (Å²) in [5.41, 5.74) is 5.35. The number of rotatable bonds is 10. The van der Waals surface area contributed by atoms with E-state index in [1.165, 1.54) is 32.1 Å². The third kappa shape index (κ3) is 9.73. The molecule has 0 saturated carbocycles. The van der Waals surface area contributed by atoms with Gasteiger partial charge in [0.05, 0.1) is 5.84 Å². The van der Waals surface area contributed by atoms with Crippen molar-refractivity contribution in [3.63, 3.8) is 0 Å². The van der Waals surface area contributed by atoms with Crippen molar-refractivity contribution < 1.29 is 0 Å². The first kappa shape index (κ1) is 14.4. The van der Waals surface area contributed by atoms with Gasteiger partial charge in [-0.1, -0.05) is 39.5 Å². The van der Waals surface area contributed by atoms with Gasteiger partial charge in [0.1, 0.15) is 0 Å². The molecule has 3 nitrogen and oxygen atoms in total. The van der Waals surface area contributed by atoms with Crippen molar-refractivity contribution >= 4 is 5.84 Å². The highest BCUT2D eigenvalue weighted by molar-refractivity contribution is 5.76. The monoisotopic (exact) mass is 213 g/mol. The maximum atomic E-state index is 7.18. The van der Waals surface area contributed by atoms with E-state index in [-0.39, 0.29) is 0 Å². The Morgan fingerprint density at radius 1 is 1.07 bits per heavy atom. The molecular weight excluding hydrogens is 186 g/mol. The SMILES string of the molecule is CCCCCCCN(CC)CCC(=N)N. The lowest BCUT2D eigenvalue weighted by Crippen LogP contribution is -2.28. The van der Waals surface area contributed by atoms with Crippen LogP contribution in [0.25, 0.3) is 0 Å². The summed E-state index contributed by atoms with van der Waals surface area (Å²) in [5, 5.41) is 7.18. The Labute approximate surface area is 94.5 Å². The summed E-state index contributed by atoms with van der Waals surface area (Å²) in [5.74, 6) is 0.305. The summed E-state index contributed by atoms with van der Waals surface area (Å²) in [6, 6.07) is 0. The van der Waals surface area contributed by atoms with Gasteiger partial charge >= 0.3 is 0 Å². The van der Waals surface area contributed by atoms with E-state index >= 15 is 0 Å². The highest BCUT2D eigenvalue weighted by Crippen LogP contribution is 2.04. The van der Waals surface area contributed by atoms with Gasteiger partial charge in [-0.3, -0.25) is 5.41 Å². The molecule has 3 heteroatoms. The van der Waals surface area contributed by atoms with E-state index in [0.717, 1.165) is 19.6 Å². The van der Waals surface area contributed by atoms with Crippen molar-refractivity contribution in [2.75, 3.05) is 19.6 Å². The second kappa shape index (κ2) is 9.97. The highest BCUT2D eigenvalue weighted by Gasteiger charge is 2.02. The Balaban J connectivity index is 3.40. The molecule has 0 aliphatic carbocycles. The fourth-order valence-electron chi connectivity index (χ4n) is 1.65. The quantitative estimate of drug-likeness (QED) is 0.333. The number of nitrogens with two attached hydrogens (primary N) is 1. The van der Waals surface area contributed by atoms with E-state index in [4.69, 9.17) is 11.1 Å². The summed E-state index contributed by atoms with van der Waals surface area (Å²) in [6.45, 7) is 7.59. The molecule has 0 spiro atoms. The highest BCUT2D eigenvalue weighted by atomic mass is 15.1. The molecule has 0 aliphatic rings. The van der Waals surface area contributed by atoms with Crippen LogP contribution in [0.5, 0.6) is 0 Å². The topological polar surface area (TPSA) is 53.1 Å². The van der Waals surface area contributed by atoms with Crippen molar-refractivity contribution in [2.45, 2.75) is 52.4 Å². The molecule has 0 atom stereocenters. The third-order valence-electron chi connectivity index (χ3n) is 2.72. The van der Waals surface area contributed by atoms with Crippen LogP contribution in [0.15, 0.2) is 0 Å². The lowest BCUT2D eigenvalue weighted by molar-refractivity contribution is 0.288. The molecule has 0 aliphatic heterocycles. The van der Waals surface area contributed by atoms with Crippen LogP contribution in [0, 0.1) is 5.41 Å². The predicted octanol–water partition coefficient (Wildman–Crippen LogP) is 2.60. The molecule has 0 saturated heterocycles. The predicted molar refractivity (Wildman–Crippen MR) is 67.4 cm³/mol. The van der Waals surface area contributed by atoms with E-state index in [0.29, 0.717) is 12.3 Å². The van der Waals surface area contributed by atoms with Crippen molar-refractivity contribution in [3.05, 3.63) is 0 Å². The van der Waals surface area contributed by atoms with Crippen LogP contribution in [0.3, 0.4) is 0 Å². The van der Waals surface area contributed by atoms with Crippen LogP contribution in [0.4, 0.5) is 0 Å². The number of hydrogen-bond donors (Lipinski definition) is 2. The van der Waals surface area contributed by atoms with Gasteiger partial charge in [0.2, 0.25) is 0 Å². The molecule has 15 heavy (non-hydrogen) atoms. The fraction of sp³-hybridized carbons (Fsp3) is 0.917. The van der Waals surface area contributed by atoms with Crippen molar-refractivity contribution in [1.29, 1.82) is 5.41 Å². The van der Waals surface area contributed by atoms with Crippen molar-refractivity contribution in [3.8, 4) is 0 Å². The lowest BCUT2D eigenvalue weighted by atomic mass is 10.1. The van der Waals surface area contributed by atoms with Gasteiger partial charge in [0.25, 0.3) is 0 Å². The van der Waals surface area contributed by atoms with E-state index in [9.17, 15) is 0 Å². The molecule has 0 radical (unpaired) electrons. The number of nitrogens with zero attached hydrogens (tertiary/aromatic N) is 1. The van der Waals surface area contributed by atoms with Crippen LogP contribution in [0.2, 0.25) is 0 Å². The summed E-state index contributed by atoms with van der Waals surface area (Å²) >= 11 is 0. The number of nitrogens with one attached hydrogen (secondary N) is 1. The summed E-state index contributed by atoms with van der Waals surface area (Å²) in [7, 11) is 0. The van der Waals surface area contributed by atoms with Crippen molar-refractivity contribution in [1.82, 2.24) is 4.90 Å². The van der Waals surface area contributed by atoms with Crippen LogP contribution in [0.1, 0.15) is 52.4 Å². The largest absolute Gasteiger partial charge is 0.388 e. The molecule has 0 aromatic heterocycles. The average molecular weight is 213 g/mol. The Kier molecular flexibility index (Phi) is 9.59. The Morgan fingerprint density at radius 3 is 2.27 bits per heavy atom. The Bertz CT molecular complexity index is 157. The smallest absolute Gasteiger partial charge is 0.0918 e. The Hall–Kier alpha value is -0.570. The molecule has 0 aromatic rings. The zero-order valence-corrected chi connectivity index (χ0v) is 10.4. The first-order valence-corrected chi connectivity index (χ1v) is 6.26. The van der Waals surface area contributed by atoms with E-state index in [1.807, 2.05) is 0 Å². The van der Waals surface area contributed by atoms with Gasteiger partial charge < -0.3 is 10.6 Å². The zero-order chi connectivity index (χ0) is 11.5. The van der Waals surface area contributed by atoms with Gasteiger partial charge in [-0.25, -0.2) is 0 Å². The number of hydrogen-bond acceptors (Lipinski definition) is 2. The maximum absolute atomic E-state index is 7.18. The van der Waals surface area contributed by atoms with E-state index < -0.39 is 0 Å². The lowest BCUT2D eigenvalue weighted by Gasteiger charge is -2.19.